The number of pyridine rings is 1. The third kappa shape index (κ3) is 7.86. The van der Waals surface area contributed by atoms with Gasteiger partial charge in [0.25, 0.3) is 0 Å². The number of carboxylic acids is 1. The van der Waals surface area contributed by atoms with Crippen molar-refractivity contribution in [1.82, 2.24) is 4.98 Å². The molecule has 2 aromatic rings. The number of benzene rings is 1. The number of halogens is 3. The van der Waals surface area contributed by atoms with Crippen LogP contribution in [0.5, 0.6) is 0 Å². The summed E-state index contributed by atoms with van der Waals surface area (Å²) in [6.45, 7) is 0. The van der Waals surface area contributed by atoms with Gasteiger partial charge in [-0.25, -0.2) is 13.2 Å². The SMILES string of the molecule is NC(=O)CS(=O)(=O)Cc1ccccc1.O=C(O)c1cnccc1C(F)(F)F. The second-order valence-electron chi connectivity index (χ2n) is 5.21. The molecule has 0 spiro atoms. The van der Waals surface area contributed by atoms with Crippen LogP contribution in [0.4, 0.5) is 13.2 Å². The predicted octanol–water partition coefficient (Wildman–Crippen LogP) is 1.89. The predicted molar refractivity (Wildman–Crippen MR) is 89.3 cm³/mol. The van der Waals surface area contributed by atoms with Gasteiger partial charge in [0.1, 0.15) is 5.75 Å². The maximum absolute atomic E-state index is 12.1. The summed E-state index contributed by atoms with van der Waals surface area (Å²) >= 11 is 0. The molecule has 3 N–H and O–H groups in total. The quantitative estimate of drug-likeness (QED) is 0.783. The minimum absolute atomic E-state index is 0.142. The first kappa shape index (κ1) is 22.1. The van der Waals surface area contributed by atoms with Crippen molar-refractivity contribution < 1.29 is 36.3 Å². The number of amides is 1. The molecule has 1 aromatic carbocycles. The molecule has 1 amide bonds. The molecule has 0 unspecified atom stereocenters. The Morgan fingerprint density at radius 1 is 1.11 bits per heavy atom. The third-order valence-corrected chi connectivity index (χ3v) is 4.45. The largest absolute Gasteiger partial charge is 0.478 e. The van der Waals surface area contributed by atoms with Crippen LogP contribution in [0, 0.1) is 0 Å². The van der Waals surface area contributed by atoms with Crippen LogP contribution in [-0.2, 0) is 26.6 Å². The van der Waals surface area contributed by atoms with Crippen LogP contribution in [-0.4, -0.2) is 36.1 Å². The highest BCUT2D eigenvalue weighted by Gasteiger charge is 2.35. The number of nitrogens with two attached hydrogens (primary N) is 1. The van der Waals surface area contributed by atoms with E-state index in [0.717, 1.165) is 6.20 Å². The molecule has 0 saturated heterocycles. The number of hydrogen-bond donors (Lipinski definition) is 2. The van der Waals surface area contributed by atoms with E-state index in [9.17, 15) is 31.2 Å². The van der Waals surface area contributed by atoms with Gasteiger partial charge in [0.15, 0.2) is 9.84 Å². The number of nitrogens with zero attached hydrogens (tertiary/aromatic N) is 1. The summed E-state index contributed by atoms with van der Waals surface area (Å²) < 4.78 is 59.0. The highest BCUT2D eigenvalue weighted by molar-refractivity contribution is 7.91. The molecule has 0 radical (unpaired) electrons. The first-order chi connectivity index (χ1) is 12.4. The number of aromatic nitrogens is 1. The van der Waals surface area contributed by atoms with Gasteiger partial charge in [0, 0.05) is 12.4 Å². The topological polar surface area (TPSA) is 127 Å². The van der Waals surface area contributed by atoms with Gasteiger partial charge in [-0.1, -0.05) is 30.3 Å². The van der Waals surface area contributed by atoms with Crippen molar-refractivity contribution in [3.63, 3.8) is 0 Å². The van der Waals surface area contributed by atoms with Gasteiger partial charge >= 0.3 is 12.1 Å². The van der Waals surface area contributed by atoms with Crippen molar-refractivity contribution in [3.05, 3.63) is 65.5 Å². The van der Waals surface area contributed by atoms with Crippen LogP contribution < -0.4 is 5.73 Å². The van der Waals surface area contributed by atoms with Crippen molar-refractivity contribution in [3.8, 4) is 0 Å². The van der Waals surface area contributed by atoms with Crippen molar-refractivity contribution in [2.24, 2.45) is 5.73 Å². The van der Waals surface area contributed by atoms with Crippen molar-refractivity contribution in [1.29, 1.82) is 0 Å². The molecule has 1 heterocycles. The summed E-state index contributed by atoms with van der Waals surface area (Å²) in [5, 5.41) is 8.39. The van der Waals surface area contributed by atoms with Gasteiger partial charge in [-0.2, -0.15) is 13.2 Å². The lowest BCUT2D eigenvalue weighted by molar-refractivity contribution is -0.138. The lowest BCUT2D eigenvalue weighted by Gasteiger charge is -2.08. The summed E-state index contributed by atoms with van der Waals surface area (Å²) in [5.41, 5.74) is 3.45. The highest BCUT2D eigenvalue weighted by atomic mass is 32.2. The van der Waals surface area contributed by atoms with Crippen LogP contribution in [0.15, 0.2) is 48.8 Å². The van der Waals surface area contributed by atoms with E-state index in [1.807, 2.05) is 0 Å². The van der Waals surface area contributed by atoms with E-state index in [2.05, 4.69) is 4.98 Å². The number of carboxylic acid groups (broad SMARTS) is 1. The van der Waals surface area contributed by atoms with E-state index < -0.39 is 44.8 Å². The number of primary amides is 1. The highest BCUT2D eigenvalue weighted by Crippen LogP contribution is 2.31. The number of aromatic carboxylic acids is 1. The van der Waals surface area contributed by atoms with Crippen LogP contribution in [0.2, 0.25) is 0 Å². The zero-order chi connectivity index (χ0) is 20.7. The molecule has 146 valence electrons. The molecule has 27 heavy (non-hydrogen) atoms. The van der Waals surface area contributed by atoms with E-state index in [0.29, 0.717) is 17.8 Å². The number of hydrogen-bond acceptors (Lipinski definition) is 5. The molecule has 0 bridgehead atoms. The van der Waals surface area contributed by atoms with Gasteiger partial charge in [0.05, 0.1) is 16.9 Å². The Labute approximate surface area is 152 Å². The Balaban J connectivity index is 0.000000271. The van der Waals surface area contributed by atoms with Crippen molar-refractivity contribution in [2.75, 3.05) is 5.75 Å². The Morgan fingerprint density at radius 3 is 2.15 bits per heavy atom. The molecule has 2 rings (SSSR count). The van der Waals surface area contributed by atoms with Crippen LogP contribution in [0.1, 0.15) is 21.5 Å². The zero-order valence-electron chi connectivity index (χ0n) is 13.7. The van der Waals surface area contributed by atoms with Crippen molar-refractivity contribution in [2.45, 2.75) is 11.9 Å². The number of carbonyl (C=O) groups excluding carboxylic acids is 1. The lowest BCUT2D eigenvalue weighted by Crippen LogP contribution is -2.24. The zero-order valence-corrected chi connectivity index (χ0v) is 14.5. The standard InChI is InChI=1S/C9H11NO3S.C7H4F3NO2/c10-9(11)7-14(12,13)6-8-4-2-1-3-5-8;8-7(9,10)5-1-2-11-3-4(5)6(12)13/h1-5H,6-7H2,(H2,10,11);1-3H,(H,12,13). The average molecular weight is 404 g/mol. The van der Waals surface area contributed by atoms with Gasteiger partial charge in [-0.15, -0.1) is 0 Å². The second kappa shape index (κ2) is 9.12. The summed E-state index contributed by atoms with van der Waals surface area (Å²) in [4.78, 5) is 24.1. The number of carbonyl (C=O) groups is 2. The fourth-order valence-corrected chi connectivity index (χ4v) is 3.14. The summed E-state index contributed by atoms with van der Waals surface area (Å²) in [6, 6.07) is 9.30. The second-order valence-corrected chi connectivity index (χ2v) is 7.27. The molecule has 0 aliphatic rings. The fraction of sp³-hybridized carbons (Fsp3) is 0.188. The van der Waals surface area contributed by atoms with E-state index >= 15 is 0 Å². The molecule has 11 heteroatoms. The van der Waals surface area contributed by atoms with Crippen molar-refractivity contribution >= 4 is 21.7 Å². The van der Waals surface area contributed by atoms with E-state index in [1.165, 1.54) is 0 Å². The lowest BCUT2D eigenvalue weighted by atomic mass is 10.1. The van der Waals surface area contributed by atoms with E-state index in [4.69, 9.17) is 10.8 Å². The normalized spacial score (nSPS) is 11.2. The fourth-order valence-electron chi connectivity index (χ4n) is 1.91. The maximum atomic E-state index is 12.1. The molecule has 7 nitrogen and oxygen atoms in total. The molecule has 0 aliphatic heterocycles. The molecular weight excluding hydrogens is 389 g/mol. The Kier molecular flexibility index (Phi) is 7.46. The summed E-state index contributed by atoms with van der Waals surface area (Å²) in [7, 11) is -3.41. The minimum Gasteiger partial charge on any atom is -0.478 e. The van der Waals surface area contributed by atoms with Crippen LogP contribution in [0.25, 0.3) is 0 Å². The van der Waals surface area contributed by atoms with Crippen LogP contribution in [0.3, 0.4) is 0 Å². The monoisotopic (exact) mass is 404 g/mol. The molecular formula is C16H15F3N2O5S. The third-order valence-electron chi connectivity index (χ3n) is 2.95. The summed E-state index contributed by atoms with van der Waals surface area (Å²) in [5.74, 6) is -3.19. The Bertz CT molecular complexity index is 900. The molecule has 0 atom stereocenters. The van der Waals surface area contributed by atoms with Gasteiger partial charge < -0.3 is 10.8 Å². The number of rotatable bonds is 5. The molecule has 1 aromatic heterocycles. The number of alkyl halides is 3. The van der Waals surface area contributed by atoms with E-state index in [1.54, 1.807) is 30.3 Å². The van der Waals surface area contributed by atoms with Gasteiger partial charge in [-0.05, 0) is 11.6 Å². The number of sulfone groups is 1. The average Bonchev–Trinajstić information content (AvgIpc) is 2.54. The Morgan fingerprint density at radius 2 is 1.70 bits per heavy atom. The van der Waals surface area contributed by atoms with E-state index in [-0.39, 0.29) is 5.75 Å². The maximum Gasteiger partial charge on any atom is 0.417 e. The first-order valence-corrected chi connectivity index (χ1v) is 9.01. The molecule has 0 saturated carbocycles. The smallest absolute Gasteiger partial charge is 0.417 e. The Hall–Kier alpha value is -2.95. The first-order valence-electron chi connectivity index (χ1n) is 7.19. The molecule has 0 fully saturated rings. The summed E-state index contributed by atoms with van der Waals surface area (Å²) in [6.07, 6.45) is -3.09. The van der Waals surface area contributed by atoms with Gasteiger partial charge in [0.2, 0.25) is 5.91 Å². The molecule has 0 aliphatic carbocycles. The van der Waals surface area contributed by atoms with Gasteiger partial charge in [-0.3, -0.25) is 9.78 Å². The van der Waals surface area contributed by atoms with Crippen LogP contribution >= 0.6 is 0 Å². The minimum atomic E-state index is -4.66.